The van der Waals surface area contributed by atoms with Crippen LogP contribution in [0.3, 0.4) is 0 Å². The second kappa shape index (κ2) is 3.64. The van der Waals surface area contributed by atoms with Gasteiger partial charge in [-0.05, 0) is 0 Å². The fraction of sp³-hybridized carbons (Fsp3) is 0.750. The summed E-state index contributed by atoms with van der Waals surface area (Å²) in [6, 6.07) is 0. The van der Waals surface area contributed by atoms with Crippen molar-refractivity contribution < 1.29 is 0 Å². The summed E-state index contributed by atoms with van der Waals surface area (Å²) in [5, 5.41) is 0. The van der Waals surface area contributed by atoms with Crippen LogP contribution >= 0.6 is 0 Å². The van der Waals surface area contributed by atoms with Gasteiger partial charge in [0.1, 0.15) is 0 Å². The van der Waals surface area contributed by atoms with Gasteiger partial charge in [0.25, 0.3) is 0 Å². The molecule has 1 atom stereocenters. The Balaban J connectivity index is 2.47. The van der Waals surface area contributed by atoms with Crippen LogP contribution in [0.25, 0.3) is 0 Å². The minimum atomic E-state index is 0.914. The van der Waals surface area contributed by atoms with E-state index in [0.717, 1.165) is 5.92 Å². The molecule has 0 amide bonds. The minimum absolute atomic E-state index is 0.914. The Morgan fingerprint density at radius 1 is 1.78 bits per heavy atom. The number of allylic oxidation sites excluding steroid dienone is 2. The Morgan fingerprint density at radius 3 is 3.00 bits per heavy atom. The van der Waals surface area contributed by atoms with E-state index in [1.807, 2.05) is 22.3 Å². The van der Waals surface area contributed by atoms with Crippen molar-refractivity contribution in [2.45, 2.75) is 32.6 Å². The van der Waals surface area contributed by atoms with Gasteiger partial charge >= 0.3 is 70.5 Å². The predicted molar refractivity (Wildman–Crippen MR) is 42.9 cm³/mol. The molecule has 0 fully saturated rings. The van der Waals surface area contributed by atoms with E-state index in [2.05, 4.69) is 13.0 Å². The van der Waals surface area contributed by atoms with Crippen LogP contribution in [0.5, 0.6) is 0 Å². The zero-order valence-corrected chi connectivity index (χ0v) is 8.48. The van der Waals surface area contributed by atoms with Gasteiger partial charge < -0.3 is 0 Å². The molecule has 1 aliphatic carbocycles. The molecule has 9 heavy (non-hydrogen) atoms. The molecule has 1 rings (SSSR count). The zero-order valence-electron chi connectivity index (χ0n) is 5.93. The zero-order chi connectivity index (χ0) is 6.69. The molecule has 0 saturated carbocycles. The van der Waals surface area contributed by atoms with Gasteiger partial charge in [-0.1, -0.05) is 0 Å². The van der Waals surface area contributed by atoms with Crippen LogP contribution in [0.1, 0.15) is 32.6 Å². The topological polar surface area (TPSA) is 0 Å². The first kappa shape index (κ1) is 7.63. The molecule has 0 radical (unpaired) electrons. The average molecular weight is 238 g/mol. The molecule has 0 nitrogen and oxygen atoms in total. The Kier molecular flexibility index (Phi) is 3.09. The van der Waals surface area contributed by atoms with Crippen LogP contribution in [0.15, 0.2) is 9.70 Å². The summed E-state index contributed by atoms with van der Waals surface area (Å²) in [6.45, 7) is 2.28. The van der Waals surface area contributed by atoms with Crippen molar-refractivity contribution in [3.05, 3.63) is 9.70 Å². The molecule has 0 heterocycles. The van der Waals surface area contributed by atoms with Gasteiger partial charge in [-0.3, -0.25) is 0 Å². The molecule has 0 spiro atoms. The molecule has 0 aromatic carbocycles. The molecule has 0 N–H and O–H groups in total. The summed E-state index contributed by atoms with van der Waals surface area (Å²) in [7, 11) is 0. The third-order valence-corrected chi connectivity index (χ3v) is 3.02. The second-order valence-corrected chi connectivity index (χ2v) is 4.36. The molecule has 0 aromatic heterocycles. The summed E-state index contributed by atoms with van der Waals surface area (Å²) < 4.78 is 1.65. The maximum absolute atomic E-state index is 2.47. The number of hydrogen-bond acceptors (Lipinski definition) is 0. The van der Waals surface area contributed by atoms with Crippen molar-refractivity contribution in [2.24, 2.45) is 5.92 Å². The first-order chi connectivity index (χ1) is 4.33. The van der Waals surface area contributed by atoms with E-state index in [-0.39, 0.29) is 0 Å². The third-order valence-electron chi connectivity index (χ3n) is 1.96. The molecule has 0 aromatic rings. The normalized spacial score (nSPS) is 27.8. The van der Waals surface area contributed by atoms with Crippen LogP contribution in [0, 0.1) is 5.92 Å². The fourth-order valence-electron chi connectivity index (χ4n) is 1.31. The summed E-state index contributed by atoms with van der Waals surface area (Å²) >= 11 is 1.91. The predicted octanol–water partition coefficient (Wildman–Crippen LogP) is 1.98. The van der Waals surface area contributed by atoms with E-state index in [0.29, 0.717) is 0 Å². The van der Waals surface area contributed by atoms with Crippen LogP contribution < -0.4 is 0 Å². The van der Waals surface area contributed by atoms with Gasteiger partial charge in [0.15, 0.2) is 0 Å². The quantitative estimate of drug-likeness (QED) is 0.612. The van der Waals surface area contributed by atoms with Crippen molar-refractivity contribution in [3.8, 4) is 0 Å². The van der Waals surface area contributed by atoms with E-state index < -0.39 is 0 Å². The Morgan fingerprint density at radius 2 is 2.56 bits per heavy atom. The summed E-state index contributed by atoms with van der Waals surface area (Å²) in [5.41, 5.74) is 0. The Hall–Kier alpha value is 0.530. The molecular formula is C8H14Te. The fourth-order valence-corrected chi connectivity index (χ4v) is 2.36. The van der Waals surface area contributed by atoms with Gasteiger partial charge in [-0.25, -0.2) is 0 Å². The summed E-state index contributed by atoms with van der Waals surface area (Å²) in [5.74, 6) is 0.914. The van der Waals surface area contributed by atoms with Gasteiger partial charge in [0.2, 0.25) is 0 Å². The molecular weight excluding hydrogens is 224 g/mol. The van der Waals surface area contributed by atoms with Crippen LogP contribution in [-0.4, -0.2) is 22.3 Å². The monoisotopic (exact) mass is 240 g/mol. The first-order valence-corrected chi connectivity index (χ1v) is 5.00. The van der Waals surface area contributed by atoms with Gasteiger partial charge in [0.05, 0.1) is 0 Å². The standard InChI is InChI=1S/C8H14Te/c1-2-7-4-3-5-8(9)6-7/h6-7,9H,2-5H2,1H3. The molecule has 0 bridgehead atoms. The van der Waals surface area contributed by atoms with E-state index >= 15 is 0 Å². The van der Waals surface area contributed by atoms with Gasteiger partial charge in [-0.15, -0.1) is 0 Å². The summed E-state index contributed by atoms with van der Waals surface area (Å²) in [6.07, 6.45) is 8.04. The van der Waals surface area contributed by atoms with E-state index in [1.165, 1.54) is 25.7 Å². The number of hydrogen-bond donors (Lipinski definition) is 0. The van der Waals surface area contributed by atoms with Crippen molar-refractivity contribution in [1.82, 2.24) is 0 Å². The Bertz CT molecular complexity index is 116. The molecule has 52 valence electrons. The van der Waals surface area contributed by atoms with E-state index in [9.17, 15) is 0 Å². The van der Waals surface area contributed by atoms with Crippen LogP contribution in [0.2, 0.25) is 0 Å². The number of rotatable bonds is 1. The van der Waals surface area contributed by atoms with Crippen LogP contribution in [0.4, 0.5) is 0 Å². The average Bonchev–Trinajstić information content (AvgIpc) is 1.88. The van der Waals surface area contributed by atoms with Crippen molar-refractivity contribution >= 4 is 22.3 Å². The second-order valence-electron chi connectivity index (χ2n) is 2.72. The van der Waals surface area contributed by atoms with Crippen molar-refractivity contribution in [1.29, 1.82) is 0 Å². The third kappa shape index (κ3) is 2.32. The van der Waals surface area contributed by atoms with Gasteiger partial charge in [-0.2, -0.15) is 0 Å². The molecule has 1 heteroatoms. The van der Waals surface area contributed by atoms with Gasteiger partial charge in [0, 0.05) is 0 Å². The van der Waals surface area contributed by atoms with Crippen molar-refractivity contribution in [2.75, 3.05) is 0 Å². The van der Waals surface area contributed by atoms with Crippen LogP contribution in [-0.2, 0) is 0 Å². The first-order valence-electron chi connectivity index (χ1n) is 3.72. The SMILES string of the molecule is CCC1C=C([TeH])CCC1. The molecule has 0 saturated heterocycles. The van der Waals surface area contributed by atoms with E-state index in [1.54, 1.807) is 3.62 Å². The molecule has 1 aliphatic rings. The maximum atomic E-state index is 2.47. The molecule has 1 unspecified atom stereocenters. The van der Waals surface area contributed by atoms with E-state index in [4.69, 9.17) is 0 Å². The molecule has 0 aliphatic heterocycles. The Labute approximate surface area is 70.6 Å². The van der Waals surface area contributed by atoms with Crippen molar-refractivity contribution in [3.63, 3.8) is 0 Å². The summed E-state index contributed by atoms with van der Waals surface area (Å²) in [4.78, 5) is 0.